The number of hydrogen-bond acceptors (Lipinski definition) is 2. The quantitative estimate of drug-likeness (QED) is 0.837. The summed E-state index contributed by atoms with van der Waals surface area (Å²) in [5.41, 5.74) is -0.569. The first-order valence-corrected chi connectivity index (χ1v) is 5.69. The molecule has 1 aromatic carbocycles. The van der Waals surface area contributed by atoms with E-state index in [1.165, 1.54) is 7.05 Å². The lowest BCUT2D eigenvalue weighted by molar-refractivity contribution is -0.141. The van der Waals surface area contributed by atoms with Gasteiger partial charge in [-0.25, -0.2) is 22.8 Å². The number of nitrogens with zero attached hydrogens (tertiary/aromatic N) is 1. The smallest absolute Gasteiger partial charge is 0.326 e. The number of likely N-dealkylation sites (N-methyl/N-ethyl adjacent to an activating group) is 1. The highest BCUT2D eigenvalue weighted by atomic mass is 19.2. The van der Waals surface area contributed by atoms with Crippen LogP contribution in [0.15, 0.2) is 12.1 Å². The molecule has 0 bridgehead atoms. The molecule has 0 aromatic heterocycles. The van der Waals surface area contributed by atoms with E-state index in [1.54, 1.807) is 6.92 Å². The molecule has 0 saturated carbocycles. The molecule has 5 nitrogen and oxygen atoms in total. The number of aliphatic carboxylic acids is 1. The van der Waals surface area contributed by atoms with E-state index < -0.39 is 41.2 Å². The number of carbonyl (C=O) groups excluding carboxylic acids is 1. The molecular formula is C12H13F3N2O3. The van der Waals surface area contributed by atoms with Crippen LogP contribution in [-0.4, -0.2) is 35.1 Å². The Morgan fingerprint density at radius 2 is 1.90 bits per heavy atom. The molecular weight excluding hydrogens is 277 g/mol. The van der Waals surface area contributed by atoms with Crippen molar-refractivity contribution in [2.45, 2.75) is 19.4 Å². The SMILES string of the molecule is CCC(C(=O)O)N(C)C(=O)Nc1ccc(F)c(F)c1F. The fourth-order valence-corrected chi connectivity index (χ4v) is 1.58. The summed E-state index contributed by atoms with van der Waals surface area (Å²) < 4.78 is 39.1. The molecule has 0 aliphatic rings. The molecule has 0 saturated heterocycles. The first kappa shape index (κ1) is 15.8. The van der Waals surface area contributed by atoms with Crippen LogP contribution in [0.3, 0.4) is 0 Å². The molecule has 0 radical (unpaired) electrons. The van der Waals surface area contributed by atoms with Gasteiger partial charge in [0.1, 0.15) is 6.04 Å². The first-order valence-electron chi connectivity index (χ1n) is 5.69. The van der Waals surface area contributed by atoms with Crippen LogP contribution in [0.5, 0.6) is 0 Å². The molecule has 1 atom stereocenters. The standard InChI is InChI=1S/C12H13F3N2O3/c1-3-8(11(18)19)17(2)12(20)16-7-5-4-6(13)9(14)10(7)15/h4-5,8H,3H2,1-2H3,(H,16,20)(H,18,19). The maximum atomic E-state index is 13.4. The largest absolute Gasteiger partial charge is 0.480 e. The number of benzene rings is 1. The van der Waals surface area contributed by atoms with Crippen LogP contribution >= 0.6 is 0 Å². The van der Waals surface area contributed by atoms with Crippen LogP contribution in [0, 0.1) is 17.5 Å². The van der Waals surface area contributed by atoms with Crippen molar-refractivity contribution in [1.29, 1.82) is 0 Å². The van der Waals surface area contributed by atoms with Gasteiger partial charge in [-0.2, -0.15) is 0 Å². The highest BCUT2D eigenvalue weighted by Gasteiger charge is 2.25. The molecule has 20 heavy (non-hydrogen) atoms. The predicted octanol–water partition coefficient (Wildman–Crippen LogP) is 2.43. The number of carboxylic acids is 1. The molecule has 0 aliphatic heterocycles. The van der Waals surface area contributed by atoms with Gasteiger partial charge in [0, 0.05) is 7.05 Å². The Kier molecular flexibility index (Phi) is 4.95. The van der Waals surface area contributed by atoms with Gasteiger partial charge in [0.25, 0.3) is 0 Å². The second-order valence-corrected chi connectivity index (χ2v) is 4.03. The first-order chi connectivity index (χ1) is 9.29. The molecule has 0 spiro atoms. The fourth-order valence-electron chi connectivity index (χ4n) is 1.58. The van der Waals surface area contributed by atoms with Crippen LogP contribution in [0.1, 0.15) is 13.3 Å². The molecule has 1 unspecified atom stereocenters. The number of hydrogen-bond donors (Lipinski definition) is 2. The summed E-state index contributed by atoms with van der Waals surface area (Å²) in [6, 6.07) is -0.545. The summed E-state index contributed by atoms with van der Waals surface area (Å²) in [7, 11) is 1.20. The summed E-state index contributed by atoms with van der Waals surface area (Å²) in [5, 5.41) is 10.9. The van der Waals surface area contributed by atoms with Crippen LogP contribution in [0.4, 0.5) is 23.7 Å². The minimum Gasteiger partial charge on any atom is -0.480 e. The van der Waals surface area contributed by atoms with E-state index in [0.29, 0.717) is 6.07 Å². The average molecular weight is 290 g/mol. The van der Waals surface area contributed by atoms with Gasteiger partial charge in [-0.1, -0.05) is 6.92 Å². The Balaban J connectivity index is 2.91. The minimum atomic E-state index is -1.71. The zero-order valence-electron chi connectivity index (χ0n) is 10.8. The topological polar surface area (TPSA) is 69.6 Å². The number of amides is 2. The minimum absolute atomic E-state index is 0.138. The second-order valence-electron chi connectivity index (χ2n) is 4.03. The number of nitrogens with one attached hydrogen (secondary N) is 1. The Hall–Kier alpha value is -2.25. The predicted molar refractivity (Wildman–Crippen MR) is 64.8 cm³/mol. The van der Waals surface area contributed by atoms with Crippen LogP contribution in [0.2, 0.25) is 0 Å². The van der Waals surface area contributed by atoms with Crippen molar-refractivity contribution >= 4 is 17.7 Å². The van der Waals surface area contributed by atoms with Crippen molar-refractivity contribution in [2.75, 3.05) is 12.4 Å². The van der Waals surface area contributed by atoms with E-state index in [1.807, 2.05) is 5.32 Å². The van der Waals surface area contributed by atoms with Crippen molar-refractivity contribution in [2.24, 2.45) is 0 Å². The Morgan fingerprint density at radius 1 is 1.30 bits per heavy atom. The maximum Gasteiger partial charge on any atom is 0.326 e. The van der Waals surface area contributed by atoms with Gasteiger partial charge in [0.15, 0.2) is 17.5 Å². The molecule has 8 heteroatoms. The number of halogens is 3. The third-order valence-corrected chi connectivity index (χ3v) is 2.74. The van der Waals surface area contributed by atoms with Crippen molar-refractivity contribution in [3.05, 3.63) is 29.6 Å². The lowest BCUT2D eigenvalue weighted by atomic mass is 10.2. The summed E-state index contributed by atoms with van der Waals surface area (Å²) in [6.07, 6.45) is 0.138. The average Bonchev–Trinajstić information content (AvgIpc) is 2.39. The Labute approximate surface area is 113 Å². The molecule has 2 amide bonds. The normalized spacial score (nSPS) is 11.8. The highest BCUT2D eigenvalue weighted by Crippen LogP contribution is 2.20. The summed E-state index contributed by atoms with van der Waals surface area (Å²) in [5.74, 6) is -5.87. The highest BCUT2D eigenvalue weighted by molar-refractivity contribution is 5.92. The third kappa shape index (κ3) is 3.19. The van der Waals surface area contributed by atoms with Gasteiger partial charge in [-0.05, 0) is 18.6 Å². The van der Waals surface area contributed by atoms with Gasteiger partial charge in [0.2, 0.25) is 0 Å². The maximum absolute atomic E-state index is 13.4. The molecule has 110 valence electrons. The summed E-state index contributed by atoms with van der Waals surface area (Å²) in [4.78, 5) is 23.5. The zero-order chi connectivity index (χ0) is 15.4. The van der Waals surface area contributed by atoms with Crippen LogP contribution in [-0.2, 0) is 4.79 Å². The Morgan fingerprint density at radius 3 is 2.40 bits per heavy atom. The number of urea groups is 1. The molecule has 1 rings (SSSR count). The van der Waals surface area contributed by atoms with Crippen molar-refractivity contribution < 1.29 is 27.9 Å². The number of rotatable bonds is 4. The van der Waals surface area contributed by atoms with Gasteiger partial charge in [0.05, 0.1) is 5.69 Å². The van der Waals surface area contributed by atoms with E-state index in [9.17, 15) is 22.8 Å². The van der Waals surface area contributed by atoms with E-state index in [-0.39, 0.29) is 6.42 Å². The number of carboxylic acid groups (broad SMARTS) is 1. The lowest BCUT2D eigenvalue weighted by Crippen LogP contribution is -2.44. The molecule has 0 heterocycles. The molecule has 0 fully saturated rings. The van der Waals surface area contributed by atoms with Crippen molar-refractivity contribution in [1.82, 2.24) is 4.90 Å². The van der Waals surface area contributed by atoms with E-state index in [0.717, 1.165) is 11.0 Å². The van der Waals surface area contributed by atoms with Crippen LogP contribution in [0.25, 0.3) is 0 Å². The lowest BCUT2D eigenvalue weighted by Gasteiger charge is -2.24. The third-order valence-electron chi connectivity index (χ3n) is 2.74. The van der Waals surface area contributed by atoms with E-state index in [4.69, 9.17) is 5.11 Å². The van der Waals surface area contributed by atoms with Gasteiger partial charge < -0.3 is 15.3 Å². The van der Waals surface area contributed by atoms with Gasteiger partial charge in [-0.15, -0.1) is 0 Å². The van der Waals surface area contributed by atoms with Crippen molar-refractivity contribution in [3.8, 4) is 0 Å². The van der Waals surface area contributed by atoms with E-state index >= 15 is 0 Å². The molecule has 2 N–H and O–H groups in total. The zero-order valence-corrected chi connectivity index (χ0v) is 10.8. The van der Waals surface area contributed by atoms with E-state index in [2.05, 4.69) is 0 Å². The summed E-state index contributed by atoms with van der Waals surface area (Å²) in [6.45, 7) is 1.56. The van der Waals surface area contributed by atoms with Crippen molar-refractivity contribution in [3.63, 3.8) is 0 Å². The fraction of sp³-hybridized carbons (Fsp3) is 0.333. The Bertz CT molecular complexity index is 537. The van der Waals surface area contributed by atoms with Gasteiger partial charge in [-0.3, -0.25) is 0 Å². The monoisotopic (exact) mass is 290 g/mol. The summed E-state index contributed by atoms with van der Waals surface area (Å²) >= 11 is 0. The van der Waals surface area contributed by atoms with Gasteiger partial charge >= 0.3 is 12.0 Å². The number of anilines is 1. The molecule has 0 aliphatic carbocycles. The molecule has 1 aromatic rings. The second kappa shape index (κ2) is 6.27. The number of carbonyl (C=O) groups is 2. The van der Waals surface area contributed by atoms with Crippen LogP contribution < -0.4 is 5.32 Å².